The highest BCUT2D eigenvalue weighted by Gasteiger charge is 2.22. The number of carbonyl (C=O) groups is 1. The van der Waals surface area contributed by atoms with Crippen molar-refractivity contribution in [1.29, 1.82) is 0 Å². The van der Waals surface area contributed by atoms with Gasteiger partial charge in [-0.25, -0.2) is 0 Å². The maximum atomic E-state index is 11.8. The quantitative estimate of drug-likeness (QED) is 0.840. The van der Waals surface area contributed by atoms with Crippen LogP contribution >= 0.6 is 0 Å². The molecule has 1 aliphatic rings. The van der Waals surface area contributed by atoms with Crippen LogP contribution in [0.1, 0.15) is 32.3 Å². The summed E-state index contributed by atoms with van der Waals surface area (Å²) in [5, 5.41) is 2.93. The number of hydrogen-bond donors (Lipinski definition) is 1. The fraction of sp³-hybridized carbons (Fsp3) is 0.588. The van der Waals surface area contributed by atoms with E-state index < -0.39 is 0 Å². The average Bonchev–Trinajstić information content (AvgIpc) is 3.00. The van der Waals surface area contributed by atoms with Crippen LogP contribution < -0.4 is 10.1 Å². The van der Waals surface area contributed by atoms with Gasteiger partial charge >= 0.3 is 0 Å². The molecule has 1 saturated heterocycles. The predicted molar refractivity (Wildman–Crippen MR) is 82.5 cm³/mol. The Bertz CT molecular complexity index is 436. The Balaban J connectivity index is 1.69. The predicted octanol–water partition coefficient (Wildman–Crippen LogP) is 2.56. The second kappa shape index (κ2) is 8.03. The monoisotopic (exact) mass is 291 g/mol. The van der Waals surface area contributed by atoms with Gasteiger partial charge in [0, 0.05) is 13.2 Å². The van der Waals surface area contributed by atoms with E-state index in [-0.39, 0.29) is 12.0 Å². The summed E-state index contributed by atoms with van der Waals surface area (Å²) in [5.41, 5.74) is 1.19. The number of ether oxygens (including phenoxy) is 2. The van der Waals surface area contributed by atoms with Gasteiger partial charge in [0.05, 0.1) is 6.61 Å². The van der Waals surface area contributed by atoms with Crippen molar-refractivity contribution in [1.82, 2.24) is 5.32 Å². The average molecular weight is 291 g/mol. The highest BCUT2D eigenvalue weighted by molar-refractivity contribution is 5.80. The molecule has 0 radical (unpaired) electrons. The van der Waals surface area contributed by atoms with Gasteiger partial charge in [-0.2, -0.15) is 0 Å². The summed E-state index contributed by atoms with van der Waals surface area (Å²) in [6, 6.07) is 8.07. The zero-order valence-electron chi connectivity index (χ0n) is 12.9. The molecule has 1 aromatic rings. The van der Waals surface area contributed by atoms with Crippen molar-refractivity contribution >= 4 is 5.91 Å². The fourth-order valence-electron chi connectivity index (χ4n) is 2.24. The number of benzene rings is 1. The first-order valence-electron chi connectivity index (χ1n) is 7.76. The molecule has 1 aromatic carbocycles. The van der Waals surface area contributed by atoms with Crippen LogP contribution in [0.5, 0.6) is 5.75 Å². The number of hydrogen-bond acceptors (Lipinski definition) is 3. The summed E-state index contributed by atoms with van der Waals surface area (Å²) in [5.74, 6) is 1.44. The van der Waals surface area contributed by atoms with Gasteiger partial charge < -0.3 is 14.8 Å². The molecule has 4 nitrogen and oxygen atoms in total. The maximum Gasteiger partial charge on any atom is 0.249 e. The molecule has 0 spiro atoms. The lowest BCUT2D eigenvalue weighted by Crippen LogP contribution is -2.35. The molecule has 1 aliphatic heterocycles. The standard InChI is InChI=1S/C17H25NO3/c1-13(2)12-21-15-7-5-14(6-8-15)9-10-18-17(19)16-4-3-11-20-16/h5-8,13,16H,3-4,9-12H2,1-2H3,(H,18,19). The molecular weight excluding hydrogens is 266 g/mol. The Hall–Kier alpha value is -1.55. The van der Waals surface area contributed by atoms with E-state index in [4.69, 9.17) is 9.47 Å². The van der Waals surface area contributed by atoms with E-state index in [2.05, 4.69) is 19.2 Å². The van der Waals surface area contributed by atoms with Gasteiger partial charge in [0.25, 0.3) is 0 Å². The molecule has 0 saturated carbocycles. The van der Waals surface area contributed by atoms with Crippen molar-refractivity contribution in [2.24, 2.45) is 5.92 Å². The molecule has 4 heteroatoms. The molecule has 1 heterocycles. The van der Waals surface area contributed by atoms with Gasteiger partial charge in [-0.05, 0) is 42.9 Å². The Kier molecular flexibility index (Phi) is 6.05. The molecule has 1 unspecified atom stereocenters. The summed E-state index contributed by atoms with van der Waals surface area (Å²) in [4.78, 5) is 11.8. The second-order valence-corrected chi connectivity index (χ2v) is 5.89. The van der Waals surface area contributed by atoms with Gasteiger partial charge in [0.1, 0.15) is 11.9 Å². The zero-order valence-corrected chi connectivity index (χ0v) is 12.9. The summed E-state index contributed by atoms with van der Waals surface area (Å²) in [6.45, 7) is 6.34. The van der Waals surface area contributed by atoms with Crippen LogP contribution in [-0.2, 0) is 16.0 Å². The minimum Gasteiger partial charge on any atom is -0.493 e. The first-order chi connectivity index (χ1) is 10.1. The number of nitrogens with one attached hydrogen (secondary N) is 1. The van der Waals surface area contributed by atoms with Crippen molar-refractivity contribution in [3.05, 3.63) is 29.8 Å². The molecule has 0 aliphatic carbocycles. The molecule has 21 heavy (non-hydrogen) atoms. The Morgan fingerprint density at radius 3 is 2.76 bits per heavy atom. The van der Waals surface area contributed by atoms with E-state index in [1.807, 2.05) is 24.3 Å². The van der Waals surface area contributed by atoms with Crippen molar-refractivity contribution in [2.75, 3.05) is 19.8 Å². The lowest BCUT2D eigenvalue weighted by atomic mass is 10.1. The minimum absolute atomic E-state index is 0.0180. The van der Waals surface area contributed by atoms with Gasteiger partial charge in [0.2, 0.25) is 5.91 Å². The van der Waals surface area contributed by atoms with Crippen molar-refractivity contribution in [3.63, 3.8) is 0 Å². The number of rotatable bonds is 7. The summed E-state index contributed by atoms with van der Waals surface area (Å²) >= 11 is 0. The van der Waals surface area contributed by atoms with E-state index in [1.54, 1.807) is 0 Å². The molecule has 1 N–H and O–H groups in total. The molecule has 1 fully saturated rings. The molecule has 2 rings (SSSR count). The van der Waals surface area contributed by atoms with Crippen molar-refractivity contribution in [3.8, 4) is 5.75 Å². The smallest absolute Gasteiger partial charge is 0.249 e. The molecule has 1 amide bonds. The third-order valence-electron chi connectivity index (χ3n) is 3.44. The highest BCUT2D eigenvalue weighted by Crippen LogP contribution is 2.14. The highest BCUT2D eigenvalue weighted by atomic mass is 16.5. The largest absolute Gasteiger partial charge is 0.493 e. The van der Waals surface area contributed by atoms with Crippen LogP contribution in [0.2, 0.25) is 0 Å². The van der Waals surface area contributed by atoms with Crippen LogP contribution in [0, 0.1) is 5.92 Å². The van der Waals surface area contributed by atoms with Crippen LogP contribution in [-0.4, -0.2) is 31.8 Å². The van der Waals surface area contributed by atoms with E-state index >= 15 is 0 Å². The molecule has 116 valence electrons. The number of amides is 1. The molecule has 1 atom stereocenters. The van der Waals surface area contributed by atoms with Crippen LogP contribution in [0.3, 0.4) is 0 Å². The van der Waals surface area contributed by atoms with Crippen molar-refractivity contribution in [2.45, 2.75) is 39.2 Å². The fourth-order valence-corrected chi connectivity index (χ4v) is 2.24. The Morgan fingerprint density at radius 1 is 1.38 bits per heavy atom. The van der Waals surface area contributed by atoms with Gasteiger partial charge in [0.15, 0.2) is 0 Å². The third-order valence-corrected chi connectivity index (χ3v) is 3.44. The van der Waals surface area contributed by atoms with Gasteiger partial charge in [-0.3, -0.25) is 4.79 Å². The Labute approximate surface area is 126 Å². The van der Waals surface area contributed by atoms with Crippen molar-refractivity contribution < 1.29 is 14.3 Å². The van der Waals surface area contributed by atoms with E-state index in [0.717, 1.165) is 31.6 Å². The molecule has 0 aromatic heterocycles. The maximum absolute atomic E-state index is 11.8. The topological polar surface area (TPSA) is 47.6 Å². The SMILES string of the molecule is CC(C)COc1ccc(CCNC(=O)C2CCCO2)cc1. The summed E-state index contributed by atoms with van der Waals surface area (Å²) in [6.07, 6.45) is 2.41. The zero-order chi connectivity index (χ0) is 15.1. The lowest BCUT2D eigenvalue weighted by Gasteiger charge is -2.11. The second-order valence-electron chi connectivity index (χ2n) is 5.89. The third kappa shape index (κ3) is 5.38. The van der Waals surface area contributed by atoms with Crippen LogP contribution in [0.4, 0.5) is 0 Å². The minimum atomic E-state index is -0.239. The molecular formula is C17H25NO3. The lowest BCUT2D eigenvalue weighted by molar-refractivity contribution is -0.129. The van der Waals surface area contributed by atoms with E-state index in [1.165, 1.54) is 5.56 Å². The van der Waals surface area contributed by atoms with Crippen LogP contribution in [0.25, 0.3) is 0 Å². The first-order valence-corrected chi connectivity index (χ1v) is 7.76. The first kappa shape index (κ1) is 15.8. The van der Waals surface area contributed by atoms with Crippen LogP contribution in [0.15, 0.2) is 24.3 Å². The van der Waals surface area contributed by atoms with Gasteiger partial charge in [-0.15, -0.1) is 0 Å². The van der Waals surface area contributed by atoms with Gasteiger partial charge in [-0.1, -0.05) is 26.0 Å². The number of carbonyl (C=O) groups excluding carboxylic acids is 1. The van der Waals surface area contributed by atoms with E-state index in [0.29, 0.717) is 19.1 Å². The summed E-state index contributed by atoms with van der Waals surface area (Å²) < 4.78 is 11.0. The molecule has 0 bridgehead atoms. The normalized spacial score (nSPS) is 18.0. The Morgan fingerprint density at radius 2 is 2.14 bits per heavy atom. The van der Waals surface area contributed by atoms with E-state index in [9.17, 15) is 4.79 Å². The summed E-state index contributed by atoms with van der Waals surface area (Å²) in [7, 11) is 0.